The lowest BCUT2D eigenvalue weighted by molar-refractivity contribution is 1.67. The SMILES string of the molecule is c1ccc([Si](c2ccccc2)(c2ccccc2)c2ccc3c4ccccc4c4ccccc4c3c2)cc1. The van der Waals surface area contributed by atoms with Gasteiger partial charge in [-0.2, -0.15) is 0 Å². The molecule has 0 saturated heterocycles. The highest BCUT2D eigenvalue weighted by molar-refractivity contribution is 7.20. The third kappa shape index (κ3) is 3.36. The summed E-state index contributed by atoms with van der Waals surface area (Å²) in [6.45, 7) is 0. The Hall–Kier alpha value is -4.46. The lowest BCUT2D eigenvalue weighted by Crippen LogP contribution is -2.74. The third-order valence-corrected chi connectivity index (χ3v) is 12.6. The van der Waals surface area contributed by atoms with Gasteiger partial charge in [-0.15, -0.1) is 0 Å². The van der Waals surface area contributed by atoms with Crippen LogP contribution in [0.4, 0.5) is 0 Å². The molecular formula is C36H26Si. The van der Waals surface area contributed by atoms with Gasteiger partial charge in [-0.3, -0.25) is 0 Å². The average molecular weight is 487 g/mol. The van der Waals surface area contributed by atoms with E-state index in [1.54, 1.807) is 0 Å². The van der Waals surface area contributed by atoms with Crippen LogP contribution in [-0.4, -0.2) is 8.07 Å². The van der Waals surface area contributed by atoms with Crippen molar-refractivity contribution in [2.75, 3.05) is 0 Å². The van der Waals surface area contributed by atoms with Gasteiger partial charge in [-0.25, -0.2) is 0 Å². The second kappa shape index (κ2) is 8.88. The summed E-state index contributed by atoms with van der Waals surface area (Å²) in [5.41, 5.74) is 0. The molecule has 0 aromatic heterocycles. The Labute approximate surface area is 218 Å². The fourth-order valence-electron chi connectivity index (χ4n) is 6.21. The van der Waals surface area contributed by atoms with Gasteiger partial charge in [0.05, 0.1) is 0 Å². The molecule has 0 saturated carbocycles. The van der Waals surface area contributed by atoms with Crippen LogP contribution in [-0.2, 0) is 0 Å². The summed E-state index contributed by atoms with van der Waals surface area (Å²) < 4.78 is 0. The van der Waals surface area contributed by atoms with E-state index in [1.807, 2.05) is 0 Å². The maximum Gasteiger partial charge on any atom is 0.179 e. The second-order valence-electron chi connectivity index (χ2n) is 9.70. The van der Waals surface area contributed by atoms with Crippen LogP contribution in [0.25, 0.3) is 32.3 Å². The average Bonchev–Trinajstić information content (AvgIpc) is 2.99. The van der Waals surface area contributed by atoms with Crippen LogP contribution in [0, 0.1) is 0 Å². The van der Waals surface area contributed by atoms with Crippen molar-refractivity contribution in [3.05, 3.63) is 158 Å². The van der Waals surface area contributed by atoms with Gasteiger partial charge in [0.1, 0.15) is 0 Å². The van der Waals surface area contributed by atoms with Crippen molar-refractivity contribution < 1.29 is 0 Å². The van der Waals surface area contributed by atoms with Gasteiger partial charge in [0.15, 0.2) is 8.07 Å². The van der Waals surface area contributed by atoms with Gasteiger partial charge >= 0.3 is 0 Å². The molecule has 7 aromatic rings. The molecular weight excluding hydrogens is 460 g/mol. The lowest BCUT2D eigenvalue weighted by atomic mass is 9.94. The topological polar surface area (TPSA) is 0 Å². The van der Waals surface area contributed by atoms with E-state index in [9.17, 15) is 0 Å². The Morgan fingerprint density at radius 1 is 0.243 bits per heavy atom. The Bertz CT molecular complexity index is 1720. The summed E-state index contributed by atoms with van der Waals surface area (Å²) in [7, 11) is -2.57. The summed E-state index contributed by atoms with van der Waals surface area (Å²) in [6, 6.07) is 58.4. The highest BCUT2D eigenvalue weighted by Crippen LogP contribution is 2.34. The minimum atomic E-state index is -2.57. The van der Waals surface area contributed by atoms with E-state index in [4.69, 9.17) is 0 Å². The summed E-state index contributed by atoms with van der Waals surface area (Å²) in [6.07, 6.45) is 0. The first-order valence-corrected chi connectivity index (χ1v) is 14.9. The molecule has 0 spiro atoms. The largest absolute Gasteiger partial charge is 0.179 e. The molecule has 0 aliphatic carbocycles. The van der Waals surface area contributed by atoms with Gasteiger partial charge in [-0.05, 0) is 53.1 Å². The molecule has 7 rings (SSSR count). The fraction of sp³-hybridized carbons (Fsp3) is 0. The fourth-order valence-corrected chi connectivity index (χ4v) is 11.0. The van der Waals surface area contributed by atoms with Gasteiger partial charge < -0.3 is 0 Å². The van der Waals surface area contributed by atoms with E-state index in [0.29, 0.717) is 0 Å². The standard InChI is InChI=1S/C36H26Si/c1-4-14-27(15-5-1)37(28-16-6-2-7-17-28,29-18-8-3-9-19-29)30-24-25-35-33-22-11-10-20-31(33)32-21-12-13-23-34(32)36(35)26-30/h1-26H. The van der Waals surface area contributed by atoms with Crippen LogP contribution < -0.4 is 20.7 Å². The molecule has 0 unspecified atom stereocenters. The molecule has 0 fully saturated rings. The molecule has 1 heteroatoms. The molecule has 0 aliphatic heterocycles. The molecule has 37 heavy (non-hydrogen) atoms. The third-order valence-electron chi connectivity index (χ3n) is 7.80. The van der Waals surface area contributed by atoms with E-state index in [-0.39, 0.29) is 0 Å². The van der Waals surface area contributed by atoms with Crippen molar-refractivity contribution >= 4 is 61.1 Å². The normalized spacial score (nSPS) is 11.8. The summed E-state index contributed by atoms with van der Waals surface area (Å²) in [5.74, 6) is 0. The van der Waals surface area contributed by atoms with Crippen molar-refractivity contribution in [1.82, 2.24) is 0 Å². The Kier molecular flexibility index (Phi) is 5.23. The van der Waals surface area contributed by atoms with Crippen molar-refractivity contribution in [2.24, 2.45) is 0 Å². The lowest BCUT2D eigenvalue weighted by Gasteiger charge is -2.34. The Balaban J connectivity index is 1.66. The highest BCUT2D eigenvalue weighted by atomic mass is 28.3. The molecule has 0 heterocycles. The zero-order valence-corrected chi connectivity index (χ0v) is 21.5. The first-order chi connectivity index (χ1) is 18.4. The maximum absolute atomic E-state index is 2.57. The van der Waals surface area contributed by atoms with Crippen LogP contribution in [0.2, 0.25) is 0 Å². The van der Waals surface area contributed by atoms with Crippen molar-refractivity contribution in [1.29, 1.82) is 0 Å². The van der Waals surface area contributed by atoms with Crippen molar-refractivity contribution in [2.45, 2.75) is 0 Å². The predicted octanol–water partition coefficient (Wildman–Crippen LogP) is 6.52. The van der Waals surface area contributed by atoms with E-state index in [1.165, 1.54) is 53.1 Å². The predicted molar refractivity (Wildman–Crippen MR) is 163 cm³/mol. The molecule has 174 valence electrons. The number of rotatable bonds is 4. The van der Waals surface area contributed by atoms with E-state index < -0.39 is 8.07 Å². The van der Waals surface area contributed by atoms with E-state index in [2.05, 4.69) is 158 Å². The van der Waals surface area contributed by atoms with Crippen LogP contribution >= 0.6 is 0 Å². The van der Waals surface area contributed by atoms with Gasteiger partial charge in [-0.1, -0.05) is 158 Å². The Morgan fingerprint density at radius 3 is 0.973 bits per heavy atom. The minimum absolute atomic E-state index is 1.31. The monoisotopic (exact) mass is 486 g/mol. The summed E-state index contributed by atoms with van der Waals surface area (Å²) >= 11 is 0. The molecule has 7 aromatic carbocycles. The van der Waals surface area contributed by atoms with Crippen molar-refractivity contribution in [3.8, 4) is 0 Å². The number of hydrogen-bond donors (Lipinski definition) is 0. The zero-order chi connectivity index (χ0) is 24.7. The van der Waals surface area contributed by atoms with Gasteiger partial charge in [0.25, 0.3) is 0 Å². The number of benzene rings is 7. The first kappa shape index (κ1) is 21.8. The van der Waals surface area contributed by atoms with Gasteiger partial charge in [0.2, 0.25) is 0 Å². The molecule has 0 aliphatic rings. The molecule has 0 amide bonds. The maximum atomic E-state index is 2.50. The molecule has 0 bridgehead atoms. The summed E-state index contributed by atoms with van der Waals surface area (Å²) in [5, 5.41) is 13.5. The van der Waals surface area contributed by atoms with Crippen LogP contribution in [0.15, 0.2) is 158 Å². The van der Waals surface area contributed by atoms with Gasteiger partial charge in [0, 0.05) is 0 Å². The number of fused-ring (bicyclic) bond motifs is 6. The van der Waals surface area contributed by atoms with Crippen LogP contribution in [0.3, 0.4) is 0 Å². The first-order valence-electron chi connectivity index (χ1n) is 12.9. The highest BCUT2D eigenvalue weighted by Gasteiger charge is 2.41. The van der Waals surface area contributed by atoms with Crippen molar-refractivity contribution in [3.63, 3.8) is 0 Å². The number of hydrogen-bond acceptors (Lipinski definition) is 0. The van der Waals surface area contributed by atoms with E-state index in [0.717, 1.165) is 0 Å². The molecule has 0 nitrogen and oxygen atoms in total. The second-order valence-corrected chi connectivity index (χ2v) is 13.5. The molecule has 0 N–H and O–H groups in total. The zero-order valence-electron chi connectivity index (χ0n) is 20.5. The smallest absolute Gasteiger partial charge is 0.0623 e. The van der Waals surface area contributed by atoms with Crippen LogP contribution in [0.5, 0.6) is 0 Å². The van der Waals surface area contributed by atoms with E-state index >= 15 is 0 Å². The van der Waals surface area contributed by atoms with Crippen LogP contribution in [0.1, 0.15) is 0 Å². The minimum Gasteiger partial charge on any atom is -0.0623 e. The summed E-state index contributed by atoms with van der Waals surface area (Å²) in [4.78, 5) is 0. The molecule has 0 atom stereocenters. The molecule has 0 radical (unpaired) electrons. The quantitative estimate of drug-likeness (QED) is 0.151. The Morgan fingerprint density at radius 2 is 0.568 bits per heavy atom.